The number of para-hydroxylation sites is 2. The molecule has 2 aliphatic heterocycles. The first-order chi connectivity index (χ1) is 10.9. The number of aliphatic carboxylic acids is 1. The van der Waals surface area contributed by atoms with Gasteiger partial charge >= 0.3 is 5.97 Å². The number of hydrogen-bond acceptors (Lipinski definition) is 5. The lowest BCUT2D eigenvalue weighted by Gasteiger charge is -2.39. The quantitative estimate of drug-likeness (QED) is 0.830. The van der Waals surface area contributed by atoms with Gasteiger partial charge in [-0.2, -0.15) is 0 Å². The van der Waals surface area contributed by atoms with Gasteiger partial charge in [0.2, 0.25) is 6.10 Å². The fourth-order valence-corrected chi connectivity index (χ4v) is 2.88. The number of carbonyl (C=O) groups is 2. The average molecular weight is 321 g/mol. The van der Waals surface area contributed by atoms with E-state index >= 15 is 0 Å². The smallest absolute Gasteiger partial charge is 0.335 e. The summed E-state index contributed by atoms with van der Waals surface area (Å²) in [5, 5.41) is 19.0. The zero-order valence-corrected chi connectivity index (χ0v) is 12.8. The number of fused-ring (bicyclic) bond motifs is 1. The minimum atomic E-state index is -1.75. The lowest BCUT2D eigenvalue weighted by atomic mass is 9.91. The maximum Gasteiger partial charge on any atom is 0.335 e. The number of carbonyl (C=O) groups excluding carboxylic acids is 1. The fraction of sp³-hybridized carbons (Fsp3) is 0.500. The molecule has 0 bridgehead atoms. The highest BCUT2D eigenvalue weighted by Gasteiger charge is 2.43. The Morgan fingerprint density at radius 3 is 2.30 bits per heavy atom. The number of aliphatic hydroxyl groups is 1. The summed E-state index contributed by atoms with van der Waals surface area (Å²) in [6, 6.07) is 7.14. The topological polar surface area (TPSA) is 96.3 Å². The van der Waals surface area contributed by atoms with E-state index in [2.05, 4.69) is 0 Å². The highest BCUT2D eigenvalue weighted by molar-refractivity contribution is 5.83. The minimum Gasteiger partial charge on any atom is -0.482 e. The molecule has 0 radical (unpaired) electrons. The van der Waals surface area contributed by atoms with Crippen molar-refractivity contribution in [3.8, 4) is 11.5 Å². The number of nitrogens with zero attached hydrogens (tertiary/aromatic N) is 1. The van der Waals surface area contributed by atoms with E-state index in [0.717, 1.165) is 0 Å². The third kappa shape index (κ3) is 2.84. The van der Waals surface area contributed by atoms with Crippen LogP contribution in [0.15, 0.2) is 24.3 Å². The van der Waals surface area contributed by atoms with Gasteiger partial charge in [0, 0.05) is 25.9 Å². The Kier molecular flexibility index (Phi) is 3.89. The number of benzene rings is 1. The molecule has 1 aromatic rings. The van der Waals surface area contributed by atoms with Crippen LogP contribution >= 0.6 is 0 Å². The Hall–Kier alpha value is -2.28. The van der Waals surface area contributed by atoms with E-state index in [1.807, 2.05) is 6.07 Å². The molecule has 0 spiro atoms. The second kappa shape index (κ2) is 5.73. The number of carboxylic acids is 1. The van der Waals surface area contributed by atoms with Crippen LogP contribution < -0.4 is 9.47 Å². The summed E-state index contributed by atoms with van der Waals surface area (Å²) in [4.78, 5) is 25.2. The summed E-state index contributed by atoms with van der Waals surface area (Å²) >= 11 is 0. The standard InChI is InChI=1S/C16H19NO6/c1-10-13(23-12-5-3-2-4-11(12)22-10)14(18)17-8-6-16(21,7-9-17)15(19)20/h2-5,10,13,21H,6-9H2,1H3,(H,19,20). The average Bonchev–Trinajstić information content (AvgIpc) is 2.54. The molecule has 3 rings (SSSR count). The maximum atomic E-state index is 12.6. The number of piperidine rings is 1. The molecule has 1 aromatic carbocycles. The molecule has 2 atom stereocenters. The number of carboxylic acid groups (broad SMARTS) is 1. The van der Waals surface area contributed by atoms with E-state index in [9.17, 15) is 14.7 Å². The molecule has 7 heteroatoms. The zero-order chi connectivity index (χ0) is 16.6. The molecule has 2 heterocycles. The largest absolute Gasteiger partial charge is 0.482 e. The third-order valence-corrected chi connectivity index (χ3v) is 4.39. The molecule has 0 aliphatic carbocycles. The molecule has 2 N–H and O–H groups in total. The van der Waals surface area contributed by atoms with Crippen molar-refractivity contribution in [2.24, 2.45) is 0 Å². The molecule has 23 heavy (non-hydrogen) atoms. The van der Waals surface area contributed by atoms with E-state index < -0.39 is 23.8 Å². The molecule has 1 fully saturated rings. The highest BCUT2D eigenvalue weighted by Crippen LogP contribution is 2.34. The van der Waals surface area contributed by atoms with E-state index in [4.69, 9.17) is 14.6 Å². The fourth-order valence-electron chi connectivity index (χ4n) is 2.88. The van der Waals surface area contributed by atoms with Crippen molar-refractivity contribution in [1.82, 2.24) is 4.90 Å². The molecule has 1 amide bonds. The van der Waals surface area contributed by atoms with Gasteiger partial charge in [-0.15, -0.1) is 0 Å². The molecule has 124 valence electrons. The first-order valence-electron chi connectivity index (χ1n) is 7.57. The van der Waals surface area contributed by atoms with Crippen LogP contribution in [0.4, 0.5) is 0 Å². The van der Waals surface area contributed by atoms with Gasteiger partial charge in [0.1, 0.15) is 6.10 Å². The Morgan fingerprint density at radius 1 is 1.17 bits per heavy atom. The molecular formula is C16H19NO6. The highest BCUT2D eigenvalue weighted by atomic mass is 16.6. The second-order valence-electron chi connectivity index (χ2n) is 5.97. The van der Waals surface area contributed by atoms with Crippen LogP contribution in [0.5, 0.6) is 11.5 Å². The van der Waals surface area contributed by atoms with Gasteiger partial charge < -0.3 is 24.6 Å². The number of amides is 1. The maximum absolute atomic E-state index is 12.6. The van der Waals surface area contributed by atoms with Crippen LogP contribution in [-0.4, -0.2) is 57.9 Å². The summed E-state index contributed by atoms with van der Waals surface area (Å²) in [6.45, 7) is 2.11. The van der Waals surface area contributed by atoms with Crippen LogP contribution in [0.1, 0.15) is 19.8 Å². The molecule has 2 aliphatic rings. The van der Waals surface area contributed by atoms with Crippen LogP contribution in [0.3, 0.4) is 0 Å². The summed E-state index contributed by atoms with van der Waals surface area (Å²) < 4.78 is 11.5. The lowest BCUT2D eigenvalue weighted by Crippen LogP contribution is -2.56. The predicted molar refractivity (Wildman–Crippen MR) is 79.3 cm³/mol. The van der Waals surface area contributed by atoms with Crippen LogP contribution in [0.25, 0.3) is 0 Å². The summed E-state index contributed by atoms with van der Waals surface area (Å²) in [5.74, 6) is -0.380. The van der Waals surface area contributed by atoms with Gasteiger partial charge in [0.05, 0.1) is 0 Å². The van der Waals surface area contributed by atoms with Crippen molar-refractivity contribution >= 4 is 11.9 Å². The molecule has 2 unspecified atom stereocenters. The zero-order valence-electron chi connectivity index (χ0n) is 12.8. The van der Waals surface area contributed by atoms with E-state index in [-0.39, 0.29) is 31.8 Å². The van der Waals surface area contributed by atoms with Crippen molar-refractivity contribution < 1.29 is 29.3 Å². The summed E-state index contributed by atoms with van der Waals surface area (Å²) in [6.07, 6.45) is -1.21. The van der Waals surface area contributed by atoms with Crippen molar-refractivity contribution in [3.63, 3.8) is 0 Å². The first kappa shape index (κ1) is 15.6. The predicted octanol–water partition coefficient (Wildman–Crippen LogP) is 0.653. The Balaban J connectivity index is 1.69. The van der Waals surface area contributed by atoms with Gasteiger partial charge in [0.15, 0.2) is 17.1 Å². The summed E-state index contributed by atoms with van der Waals surface area (Å²) in [5.41, 5.74) is -1.75. The number of hydrogen-bond donors (Lipinski definition) is 2. The molecule has 1 saturated heterocycles. The normalized spacial score (nSPS) is 25.7. The molecule has 7 nitrogen and oxygen atoms in total. The van der Waals surface area contributed by atoms with Crippen molar-refractivity contribution in [3.05, 3.63) is 24.3 Å². The second-order valence-corrected chi connectivity index (χ2v) is 5.97. The van der Waals surface area contributed by atoms with Crippen molar-refractivity contribution in [2.45, 2.75) is 37.6 Å². The van der Waals surface area contributed by atoms with E-state index in [1.165, 1.54) is 4.90 Å². The van der Waals surface area contributed by atoms with Gasteiger partial charge in [0.25, 0.3) is 5.91 Å². The first-order valence-corrected chi connectivity index (χ1v) is 7.57. The van der Waals surface area contributed by atoms with Crippen molar-refractivity contribution in [2.75, 3.05) is 13.1 Å². The van der Waals surface area contributed by atoms with Crippen LogP contribution in [-0.2, 0) is 9.59 Å². The Morgan fingerprint density at radius 2 is 1.74 bits per heavy atom. The van der Waals surface area contributed by atoms with E-state index in [1.54, 1.807) is 25.1 Å². The van der Waals surface area contributed by atoms with Crippen LogP contribution in [0, 0.1) is 0 Å². The van der Waals surface area contributed by atoms with Gasteiger partial charge in [-0.05, 0) is 19.1 Å². The van der Waals surface area contributed by atoms with Crippen molar-refractivity contribution in [1.29, 1.82) is 0 Å². The van der Waals surface area contributed by atoms with E-state index in [0.29, 0.717) is 11.5 Å². The Bertz CT molecular complexity index is 623. The van der Waals surface area contributed by atoms with Gasteiger partial charge in [-0.1, -0.05) is 12.1 Å². The Labute approximate surface area is 133 Å². The monoisotopic (exact) mass is 321 g/mol. The van der Waals surface area contributed by atoms with Gasteiger partial charge in [-0.25, -0.2) is 4.79 Å². The molecule has 0 saturated carbocycles. The number of rotatable bonds is 2. The molecule has 0 aromatic heterocycles. The minimum absolute atomic E-state index is 0.00657. The summed E-state index contributed by atoms with van der Waals surface area (Å²) in [7, 11) is 0. The third-order valence-electron chi connectivity index (χ3n) is 4.39. The lowest BCUT2D eigenvalue weighted by molar-refractivity contribution is -0.167. The number of likely N-dealkylation sites (tertiary alicyclic amines) is 1. The van der Waals surface area contributed by atoms with Gasteiger partial charge in [-0.3, -0.25) is 4.79 Å². The number of ether oxygens (including phenoxy) is 2. The van der Waals surface area contributed by atoms with Crippen LogP contribution in [0.2, 0.25) is 0 Å². The molecular weight excluding hydrogens is 302 g/mol. The SMILES string of the molecule is CC1Oc2ccccc2OC1C(=O)N1CCC(O)(C(=O)O)CC1.